The summed E-state index contributed by atoms with van der Waals surface area (Å²) in [7, 11) is -4.14. The molecule has 176 valence electrons. The number of sulfonamides is 1. The number of amides is 3. The minimum Gasteiger partial charge on any atom is -0.354 e. The zero-order valence-electron chi connectivity index (χ0n) is 19.2. The van der Waals surface area contributed by atoms with E-state index >= 15 is 0 Å². The summed E-state index contributed by atoms with van der Waals surface area (Å²) in [6, 6.07) is 12.5. The molecule has 0 radical (unpaired) electrons. The molecule has 1 aliphatic rings. The van der Waals surface area contributed by atoms with Crippen LogP contribution in [0, 0.1) is 12.8 Å². The molecule has 1 aliphatic heterocycles. The van der Waals surface area contributed by atoms with Gasteiger partial charge in [0.15, 0.2) is 0 Å². The first-order valence-corrected chi connectivity index (χ1v) is 12.3. The van der Waals surface area contributed by atoms with E-state index in [0.29, 0.717) is 10.8 Å². The van der Waals surface area contributed by atoms with Gasteiger partial charge in [0.05, 0.1) is 5.56 Å². The third-order valence-corrected chi connectivity index (χ3v) is 7.43. The van der Waals surface area contributed by atoms with Crippen molar-refractivity contribution in [1.29, 1.82) is 0 Å². The van der Waals surface area contributed by atoms with Crippen molar-refractivity contribution in [2.24, 2.45) is 5.92 Å². The van der Waals surface area contributed by atoms with Gasteiger partial charge in [0.1, 0.15) is 17.5 Å². The molecular weight excluding hydrogens is 442 g/mol. The minimum absolute atomic E-state index is 0.0403. The maximum absolute atomic E-state index is 13.4. The Morgan fingerprint density at radius 2 is 1.67 bits per heavy atom. The molecule has 9 heteroatoms. The predicted octanol–water partition coefficient (Wildman–Crippen LogP) is 2.33. The predicted molar refractivity (Wildman–Crippen MR) is 124 cm³/mol. The fourth-order valence-electron chi connectivity index (χ4n) is 3.61. The number of nitrogens with one attached hydrogen (secondary N) is 1. The van der Waals surface area contributed by atoms with Gasteiger partial charge in [0.25, 0.3) is 15.9 Å². The lowest BCUT2D eigenvalue weighted by Gasteiger charge is -2.30. The van der Waals surface area contributed by atoms with Crippen molar-refractivity contribution in [3.05, 3.63) is 65.2 Å². The molecule has 0 saturated heterocycles. The molecule has 0 aromatic heterocycles. The second-order valence-corrected chi connectivity index (χ2v) is 10.4. The van der Waals surface area contributed by atoms with Gasteiger partial charge in [-0.1, -0.05) is 50.2 Å². The van der Waals surface area contributed by atoms with Crippen LogP contribution in [0.3, 0.4) is 0 Å². The Labute approximate surface area is 194 Å². The maximum Gasteiger partial charge on any atom is 0.269 e. The number of rotatable bonds is 8. The molecule has 0 bridgehead atoms. The van der Waals surface area contributed by atoms with Crippen molar-refractivity contribution < 1.29 is 22.8 Å². The molecule has 2 aromatic rings. The van der Waals surface area contributed by atoms with Crippen LogP contribution in [0.5, 0.6) is 0 Å². The smallest absolute Gasteiger partial charge is 0.269 e. The van der Waals surface area contributed by atoms with Crippen LogP contribution in [0.25, 0.3) is 0 Å². The summed E-state index contributed by atoms with van der Waals surface area (Å²) in [6.45, 7) is 7.29. The van der Waals surface area contributed by atoms with Crippen molar-refractivity contribution in [1.82, 2.24) is 14.5 Å². The Morgan fingerprint density at radius 3 is 2.30 bits per heavy atom. The van der Waals surface area contributed by atoms with Gasteiger partial charge >= 0.3 is 0 Å². The van der Waals surface area contributed by atoms with Crippen LogP contribution in [0.4, 0.5) is 0 Å². The van der Waals surface area contributed by atoms with E-state index in [4.69, 9.17) is 0 Å². The normalized spacial score (nSPS) is 15.3. The van der Waals surface area contributed by atoms with Crippen LogP contribution >= 0.6 is 0 Å². The highest BCUT2D eigenvalue weighted by Crippen LogP contribution is 2.30. The lowest BCUT2D eigenvalue weighted by molar-refractivity contribution is -0.140. The average molecular weight is 472 g/mol. The van der Waals surface area contributed by atoms with E-state index in [2.05, 4.69) is 5.32 Å². The number of hydrogen-bond acceptors (Lipinski definition) is 5. The summed E-state index contributed by atoms with van der Waals surface area (Å²) in [5, 5.41) is 2.82. The van der Waals surface area contributed by atoms with Crippen LogP contribution in [0.1, 0.15) is 42.3 Å². The zero-order chi connectivity index (χ0) is 24.3. The highest BCUT2D eigenvalue weighted by molar-refractivity contribution is 7.90. The molecule has 33 heavy (non-hydrogen) atoms. The summed E-state index contributed by atoms with van der Waals surface area (Å²) in [6.07, 6.45) is 0. The van der Waals surface area contributed by atoms with Crippen LogP contribution in [-0.4, -0.2) is 54.5 Å². The first-order valence-electron chi connectivity index (χ1n) is 10.8. The minimum atomic E-state index is -4.14. The fraction of sp³-hybridized carbons (Fsp3) is 0.375. The summed E-state index contributed by atoms with van der Waals surface area (Å²) in [4.78, 5) is 40.1. The van der Waals surface area contributed by atoms with Gasteiger partial charge in [-0.05, 0) is 43.0 Å². The van der Waals surface area contributed by atoms with E-state index in [1.807, 2.05) is 45.0 Å². The fourth-order valence-corrected chi connectivity index (χ4v) is 5.13. The molecule has 3 amide bonds. The lowest BCUT2D eigenvalue weighted by atomic mass is 10.1. The quantitative estimate of drug-likeness (QED) is 0.636. The van der Waals surface area contributed by atoms with Gasteiger partial charge in [-0.2, -0.15) is 0 Å². The van der Waals surface area contributed by atoms with Gasteiger partial charge in [0, 0.05) is 13.1 Å². The lowest BCUT2D eigenvalue weighted by Crippen LogP contribution is -2.51. The largest absolute Gasteiger partial charge is 0.354 e. The van der Waals surface area contributed by atoms with Crippen molar-refractivity contribution in [3.8, 4) is 0 Å². The second kappa shape index (κ2) is 9.74. The number of benzene rings is 2. The van der Waals surface area contributed by atoms with E-state index < -0.39 is 34.4 Å². The van der Waals surface area contributed by atoms with Gasteiger partial charge in [-0.3, -0.25) is 14.4 Å². The standard InChI is InChI=1S/C24H29N3O5S/c1-16(2)13-25-23(29)18(4)26(14-19-10-6-5-9-17(19)3)22(28)15-27-24(30)20-11-7-8-12-21(20)33(27,31)32/h5-12,16,18H,13-15H2,1-4H3,(H,25,29)/t18-/m1/s1. The van der Waals surface area contributed by atoms with Crippen molar-refractivity contribution in [3.63, 3.8) is 0 Å². The number of nitrogens with zero attached hydrogens (tertiary/aromatic N) is 2. The molecule has 3 rings (SSSR count). The molecular formula is C24H29N3O5S. The number of carbonyl (C=O) groups is 3. The van der Waals surface area contributed by atoms with Gasteiger partial charge in [-0.25, -0.2) is 12.7 Å². The van der Waals surface area contributed by atoms with Crippen molar-refractivity contribution in [2.75, 3.05) is 13.1 Å². The molecule has 0 saturated carbocycles. The summed E-state index contributed by atoms with van der Waals surface area (Å²) >= 11 is 0. The van der Waals surface area contributed by atoms with E-state index in [1.54, 1.807) is 13.0 Å². The summed E-state index contributed by atoms with van der Waals surface area (Å²) < 4.78 is 26.4. The second-order valence-electron chi connectivity index (χ2n) is 8.58. The van der Waals surface area contributed by atoms with E-state index in [1.165, 1.54) is 23.1 Å². The zero-order valence-corrected chi connectivity index (χ0v) is 20.1. The van der Waals surface area contributed by atoms with Crippen LogP contribution in [0.2, 0.25) is 0 Å². The van der Waals surface area contributed by atoms with Crippen LogP contribution < -0.4 is 5.32 Å². The van der Waals surface area contributed by atoms with Gasteiger partial charge in [0.2, 0.25) is 11.8 Å². The molecule has 1 heterocycles. The van der Waals surface area contributed by atoms with E-state index in [9.17, 15) is 22.8 Å². The van der Waals surface area contributed by atoms with Crippen LogP contribution in [-0.2, 0) is 26.2 Å². The Balaban J connectivity index is 1.88. The van der Waals surface area contributed by atoms with E-state index in [-0.39, 0.29) is 28.8 Å². The molecule has 8 nitrogen and oxygen atoms in total. The summed E-state index contributed by atoms with van der Waals surface area (Å²) in [5.74, 6) is -1.49. The third kappa shape index (κ3) is 5.08. The number of fused-ring (bicyclic) bond motifs is 1. The average Bonchev–Trinajstić information content (AvgIpc) is 2.97. The monoisotopic (exact) mass is 471 g/mol. The summed E-state index contributed by atoms with van der Waals surface area (Å²) in [5.41, 5.74) is 1.80. The van der Waals surface area contributed by atoms with Crippen molar-refractivity contribution in [2.45, 2.75) is 45.2 Å². The molecule has 0 unspecified atom stereocenters. The highest BCUT2D eigenvalue weighted by Gasteiger charge is 2.43. The number of carbonyl (C=O) groups excluding carboxylic acids is 3. The molecule has 0 spiro atoms. The van der Waals surface area contributed by atoms with Gasteiger partial charge < -0.3 is 10.2 Å². The number of aryl methyl sites for hydroxylation is 1. The SMILES string of the molecule is Cc1ccccc1CN(C(=O)CN1C(=O)c2ccccc2S1(=O)=O)[C@H](C)C(=O)NCC(C)C. The molecule has 0 fully saturated rings. The topological polar surface area (TPSA) is 104 Å². The first kappa shape index (κ1) is 24.4. The third-order valence-electron chi connectivity index (χ3n) is 5.64. The Morgan fingerprint density at radius 1 is 1.03 bits per heavy atom. The molecule has 1 N–H and O–H groups in total. The van der Waals surface area contributed by atoms with Gasteiger partial charge in [-0.15, -0.1) is 0 Å². The van der Waals surface area contributed by atoms with Crippen molar-refractivity contribution >= 4 is 27.7 Å². The molecule has 1 atom stereocenters. The number of hydrogen-bond donors (Lipinski definition) is 1. The Hall–Kier alpha value is -3.20. The Bertz CT molecular complexity index is 1180. The van der Waals surface area contributed by atoms with Crippen LogP contribution in [0.15, 0.2) is 53.4 Å². The molecule has 0 aliphatic carbocycles. The van der Waals surface area contributed by atoms with E-state index in [0.717, 1.165) is 11.1 Å². The Kier molecular flexibility index (Phi) is 7.22. The molecule has 2 aromatic carbocycles. The first-order chi connectivity index (χ1) is 15.5. The maximum atomic E-state index is 13.4. The highest BCUT2D eigenvalue weighted by atomic mass is 32.2.